The molecule has 3 heterocycles. The highest BCUT2D eigenvalue weighted by Crippen LogP contribution is 2.33. The fourth-order valence-corrected chi connectivity index (χ4v) is 3.35. The third-order valence-corrected chi connectivity index (χ3v) is 4.59. The Kier molecular flexibility index (Phi) is 5.03. The molecule has 7 nitrogen and oxygen atoms in total. The number of nitrogens with zero attached hydrogens (tertiary/aromatic N) is 5. The van der Waals surface area contributed by atoms with Crippen LogP contribution in [0, 0.1) is 0 Å². The van der Waals surface area contributed by atoms with E-state index in [1.165, 1.54) is 0 Å². The molecule has 1 N–H and O–H groups in total. The van der Waals surface area contributed by atoms with Crippen LogP contribution < -0.4 is 5.32 Å². The van der Waals surface area contributed by atoms with E-state index in [0.717, 1.165) is 37.3 Å². The summed E-state index contributed by atoms with van der Waals surface area (Å²) in [5.74, 6) is 0.744. The third kappa shape index (κ3) is 3.66. The molecule has 1 amide bonds. The van der Waals surface area contributed by atoms with Gasteiger partial charge in [0.05, 0.1) is 17.4 Å². The maximum Gasteiger partial charge on any atom is 0.254 e. The van der Waals surface area contributed by atoms with Crippen molar-refractivity contribution in [1.82, 2.24) is 24.6 Å². The van der Waals surface area contributed by atoms with Crippen LogP contribution in [0.15, 0.2) is 24.4 Å². The zero-order valence-corrected chi connectivity index (χ0v) is 15.4. The van der Waals surface area contributed by atoms with Crippen molar-refractivity contribution in [2.75, 3.05) is 33.0 Å². The predicted octanol–water partition coefficient (Wildman–Crippen LogP) is 1.90. The van der Waals surface area contributed by atoms with Crippen molar-refractivity contribution < 1.29 is 4.79 Å². The highest BCUT2D eigenvalue weighted by atomic mass is 16.2. The molecule has 1 saturated heterocycles. The number of hydrogen-bond acceptors (Lipinski definition) is 5. The van der Waals surface area contributed by atoms with E-state index in [-0.39, 0.29) is 11.9 Å². The average Bonchev–Trinajstić information content (AvgIpc) is 3.21. The van der Waals surface area contributed by atoms with Crippen LogP contribution in [-0.4, -0.2) is 58.2 Å². The lowest BCUT2D eigenvalue weighted by Gasteiger charge is -2.23. The number of likely N-dealkylation sites (tertiary alicyclic amines) is 1. The van der Waals surface area contributed by atoms with Gasteiger partial charge in [-0.25, -0.2) is 4.98 Å². The van der Waals surface area contributed by atoms with Crippen molar-refractivity contribution in [2.24, 2.45) is 7.05 Å². The molecule has 1 fully saturated rings. The van der Waals surface area contributed by atoms with Crippen molar-refractivity contribution >= 4 is 11.7 Å². The summed E-state index contributed by atoms with van der Waals surface area (Å²) < 4.78 is 1.92. The van der Waals surface area contributed by atoms with E-state index >= 15 is 0 Å². The SMILES string of the molecule is CNc1cc(C(=O)N2CCCC2c2cc(CN(C)C)n(C)n2)ccn1. The van der Waals surface area contributed by atoms with Gasteiger partial charge in [0, 0.05) is 38.9 Å². The summed E-state index contributed by atoms with van der Waals surface area (Å²) >= 11 is 0. The lowest BCUT2D eigenvalue weighted by molar-refractivity contribution is 0.0732. The molecule has 0 saturated carbocycles. The number of aryl methyl sites for hydroxylation is 1. The van der Waals surface area contributed by atoms with Gasteiger partial charge < -0.3 is 15.1 Å². The molecular formula is C18H26N6O. The first-order chi connectivity index (χ1) is 12.0. The van der Waals surface area contributed by atoms with E-state index < -0.39 is 0 Å². The Morgan fingerprint density at radius 2 is 2.20 bits per heavy atom. The Hall–Kier alpha value is -2.41. The van der Waals surface area contributed by atoms with Crippen LogP contribution in [0.4, 0.5) is 5.82 Å². The summed E-state index contributed by atoms with van der Waals surface area (Å²) in [6.45, 7) is 1.60. The standard InChI is InChI=1S/C18H26N6O/c1-19-17-10-13(7-8-20-17)18(25)24-9-5-6-16(24)15-11-14(12-22(2)3)23(4)21-15/h7-8,10-11,16H,5-6,9,12H2,1-4H3,(H,19,20). The number of amides is 1. The van der Waals surface area contributed by atoms with Crippen molar-refractivity contribution in [1.29, 1.82) is 0 Å². The third-order valence-electron chi connectivity index (χ3n) is 4.59. The van der Waals surface area contributed by atoms with Crippen LogP contribution in [-0.2, 0) is 13.6 Å². The summed E-state index contributed by atoms with van der Waals surface area (Å²) in [4.78, 5) is 21.2. The molecule has 25 heavy (non-hydrogen) atoms. The molecule has 0 aromatic carbocycles. The Balaban J connectivity index is 1.84. The highest BCUT2D eigenvalue weighted by molar-refractivity contribution is 5.95. The molecule has 0 aliphatic carbocycles. The van der Waals surface area contributed by atoms with Crippen LogP contribution in [0.1, 0.15) is 40.6 Å². The summed E-state index contributed by atoms with van der Waals surface area (Å²) in [5, 5.41) is 7.66. The maximum absolute atomic E-state index is 13.0. The van der Waals surface area contributed by atoms with Gasteiger partial charge in [-0.2, -0.15) is 5.10 Å². The van der Waals surface area contributed by atoms with Gasteiger partial charge in [-0.3, -0.25) is 9.48 Å². The maximum atomic E-state index is 13.0. The Morgan fingerprint density at radius 3 is 2.92 bits per heavy atom. The lowest BCUT2D eigenvalue weighted by atomic mass is 10.1. The molecule has 0 radical (unpaired) electrons. The van der Waals surface area contributed by atoms with E-state index in [2.05, 4.69) is 26.4 Å². The van der Waals surface area contributed by atoms with Gasteiger partial charge in [-0.15, -0.1) is 0 Å². The van der Waals surface area contributed by atoms with Crippen LogP contribution in [0.25, 0.3) is 0 Å². The predicted molar refractivity (Wildman–Crippen MR) is 97.4 cm³/mol. The first-order valence-corrected chi connectivity index (χ1v) is 8.62. The van der Waals surface area contributed by atoms with E-state index in [4.69, 9.17) is 0 Å². The van der Waals surface area contributed by atoms with Gasteiger partial charge in [-0.1, -0.05) is 0 Å². The first kappa shape index (κ1) is 17.4. The van der Waals surface area contributed by atoms with E-state index in [0.29, 0.717) is 11.4 Å². The number of rotatable bonds is 5. The second-order valence-electron chi connectivity index (χ2n) is 6.76. The number of carbonyl (C=O) groups is 1. The summed E-state index contributed by atoms with van der Waals surface area (Å²) in [5.41, 5.74) is 2.80. The molecule has 0 spiro atoms. The van der Waals surface area contributed by atoms with E-state index in [9.17, 15) is 4.79 Å². The van der Waals surface area contributed by atoms with Gasteiger partial charge >= 0.3 is 0 Å². The molecule has 2 aromatic rings. The lowest BCUT2D eigenvalue weighted by Crippen LogP contribution is -2.30. The van der Waals surface area contributed by atoms with Gasteiger partial charge in [0.25, 0.3) is 5.91 Å². The second-order valence-corrected chi connectivity index (χ2v) is 6.76. The van der Waals surface area contributed by atoms with Crippen LogP contribution >= 0.6 is 0 Å². The van der Waals surface area contributed by atoms with Crippen molar-refractivity contribution in [3.8, 4) is 0 Å². The molecule has 1 aliphatic heterocycles. The summed E-state index contributed by atoms with van der Waals surface area (Å²) in [6.07, 6.45) is 3.62. The minimum Gasteiger partial charge on any atom is -0.373 e. The normalized spacial score (nSPS) is 17.3. The molecule has 7 heteroatoms. The Morgan fingerprint density at radius 1 is 1.40 bits per heavy atom. The molecule has 2 aromatic heterocycles. The molecule has 1 aliphatic rings. The smallest absolute Gasteiger partial charge is 0.254 e. The van der Waals surface area contributed by atoms with Crippen molar-refractivity contribution in [2.45, 2.75) is 25.4 Å². The van der Waals surface area contributed by atoms with Gasteiger partial charge in [-0.05, 0) is 45.1 Å². The van der Waals surface area contributed by atoms with E-state index in [1.807, 2.05) is 30.7 Å². The van der Waals surface area contributed by atoms with Crippen LogP contribution in [0.2, 0.25) is 0 Å². The average molecular weight is 342 g/mol. The Bertz CT molecular complexity index is 754. The number of anilines is 1. The van der Waals surface area contributed by atoms with Gasteiger partial charge in [0.1, 0.15) is 5.82 Å². The van der Waals surface area contributed by atoms with Crippen LogP contribution in [0.3, 0.4) is 0 Å². The minimum atomic E-state index is 0.0424. The highest BCUT2D eigenvalue weighted by Gasteiger charge is 2.32. The molecule has 1 atom stereocenters. The number of aromatic nitrogens is 3. The number of carbonyl (C=O) groups excluding carboxylic acids is 1. The molecular weight excluding hydrogens is 316 g/mol. The second kappa shape index (κ2) is 7.23. The number of pyridine rings is 1. The zero-order chi connectivity index (χ0) is 18.0. The largest absolute Gasteiger partial charge is 0.373 e. The first-order valence-electron chi connectivity index (χ1n) is 8.62. The topological polar surface area (TPSA) is 66.3 Å². The molecule has 3 rings (SSSR count). The molecule has 0 bridgehead atoms. The van der Waals surface area contributed by atoms with Crippen molar-refractivity contribution in [3.05, 3.63) is 41.3 Å². The van der Waals surface area contributed by atoms with Crippen molar-refractivity contribution in [3.63, 3.8) is 0 Å². The van der Waals surface area contributed by atoms with Gasteiger partial charge in [0.2, 0.25) is 0 Å². The number of hydrogen-bond donors (Lipinski definition) is 1. The van der Waals surface area contributed by atoms with Gasteiger partial charge in [0.15, 0.2) is 0 Å². The Labute approximate surface area is 148 Å². The van der Waals surface area contributed by atoms with E-state index in [1.54, 1.807) is 25.4 Å². The summed E-state index contributed by atoms with van der Waals surface area (Å²) in [6, 6.07) is 5.74. The minimum absolute atomic E-state index is 0.0424. The summed E-state index contributed by atoms with van der Waals surface area (Å²) in [7, 11) is 7.85. The fraction of sp³-hybridized carbons (Fsp3) is 0.500. The number of nitrogens with one attached hydrogen (secondary N) is 1. The molecule has 1 unspecified atom stereocenters. The van der Waals surface area contributed by atoms with Crippen LogP contribution in [0.5, 0.6) is 0 Å². The zero-order valence-electron chi connectivity index (χ0n) is 15.4. The quantitative estimate of drug-likeness (QED) is 0.899. The molecule has 134 valence electrons. The monoisotopic (exact) mass is 342 g/mol. The fourth-order valence-electron chi connectivity index (χ4n) is 3.35.